The van der Waals surface area contributed by atoms with Gasteiger partial charge in [0.2, 0.25) is 0 Å². The van der Waals surface area contributed by atoms with E-state index in [1.807, 2.05) is 24.4 Å². The van der Waals surface area contributed by atoms with Gasteiger partial charge in [0.15, 0.2) is 0 Å². The number of rotatable bonds is 3. The Bertz CT molecular complexity index is 411. The Morgan fingerprint density at radius 1 is 1.07 bits per heavy atom. The first-order valence-corrected chi connectivity index (χ1v) is 5.71. The average Bonchev–Trinajstić information content (AvgIpc) is 2.30. The van der Waals surface area contributed by atoms with E-state index in [0.717, 1.165) is 10.6 Å². The Hall–Kier alpha value is -1.48. The molecule has 3 heteroatoms. The highest BCUT2D eigenvalue weighted by molar-refractivity contribution is 7.98. The van der Waals surface area contributed by atoms with Crippen LogP contribution in [0.5, 0.6) is 0 Å². The lowest BCUT2D eigenvalue weighted by atomic mass is 10.2. The number of benzene rings is 1. The first-order chi connectivity index (χ1) is 7.34. The quantitative estimate of drug-likeness (QED) is 0.802. The lowest BCUT2D eigenvalue weighted by Crippen LogP contribution is -1.88. The second-order valence-electron chi connectivity index (χ2n) is 3.19. The molecule has 0 unspecified atom stereocenters. The van der Waals surface area contributed by atoms with E-state index in [1.165, 1.54) is 5.56 Å². The van der Waals surface area contributed by atoms with Gasteiger partial charge in [-0.2, -0.15) is 0 Å². The van der Waals surface area contributed by atoms with Crippen molar-refractivity contribution < 1.29 is 0 Å². The molecular formula is C12H12N2S. The van der Waals surface area contributed by atoms with Gasteiger partial charge in [-0.25, -0.2) is 4.98 Å². The molecule has 2 N–H and O–H groups in total. The summed E-state index contributed by atoms with van der Waals surface area (Å²) in [5.74, 6) is 1.53. The van der Waals surface area contributed by atoms with Gasteiger partial charge in [0, 0.05) is 16.8 Å². The summed E-state index contributed by atoms with van der Waals surface area (Å²) in [5.41, 5.74) is 6.83. The van der Waals surface area contributed by atoms with E-state index in [-0.39, 0.29) is 0 Å². The summed E-state index contributed by atoms with van der Waals surface area (Å²) >= 11 is 1.76. The van der Waals surface area contributed by atoms with Crippen molar-refractivity contribution in [3.63, 3.8) is 0 Å². The first-order valence-electron chi connectivity index (χ1n) is 4.73. The van der Waals surface area contributed by atoms with Crippen molar-refractivity contribution in [1.82, 2.24) is 4.98 Å². The zero-order valence-electron chi connectivity index (χ0n) is 8.26. The van der Waals surface area contributed by atoms with E-state index in [1.54, 1.807) is 11.8 Å². The largest absolute Gasteiger partial charge is 0.384 e. The van der Waals surface area contributed by atoms with Crippen molar-refractivity contribution in [3.05, 3.63) is 54.2 Å². The van der Waals surface area contributed by atoms with E-state index < -0.39 is 0 Å². The number of aromatic nitrogens is 1. The molecule has 2 nitrogen and oxygen atoms in total. The number of hydrogen-bond donors (Lipinski definition) is 1. The maximum Gasteiger partial charge on any atom is 0.123 e. The molecule has 0 aliphatic rings. The second-order valence-corrected chi connectivity index (χ2v) is 4.24. The SMILES string of the molecule is Nc1ccc(SCc2ccccc2)cn1. The molecule has 15 heavy (non-hydrogen) atoms. The van der Waals surface area contributed by atoms with Crippen LogP contribution in [0.2, 0.25) is 0 Å². The van der Waals surface area contributed by atoms with Gasteiger partial charge in [0.25, 0.3) is 0 Å². The van der Waals surface area contributed by atoms with Crippen molar-refractivity contribution in [2.24, 2.45) is 0 Å². The van der Waals surface area contributed by atoms with E-state index in [2.05, 4.69) is 29.2 Å². The van der Waals surface area contributed by atoms with Crippen LogP contribution in [-0.2, 0) is 5.75 Å². The third-order valence-corrected chi connectivity index (χ3v) is 3.06. The number of thioether (sulfide) groups is 1. The fourth-order valence-electron chi connectivity index (χ4n) is 1.22. The molecule has 0 saturated carbocycles. The van der Waals surface area contributed by atoms with Crippen LogP contribution in [0.1, 0.15) is 5.56 Å². The third kappa shape index (κ3) is 2.99. The van der Waals surface area contributed by atoms with Crippen LogP contribution in [0.4, 0.5) is 5.82 Å². The van der Waals surface area contributed by atoms with Gasteiger partial charge in [-0.05, 0) is 17.7 Å². The molecule has 0 fully saturated rings. The van der Waals surface area contributed by atoms with Crippen LogP contribution in [-0.4, -0.2) is 4.98 Å². The van der Waals surface area contributed by atoms with Crippen LogP contribution in [0, 0.1) is 0 Å². The standard InChI is InChI=1S/C12H12N2S/c13-12-7-6-11(8-14-12)15-9-10-4-2-1-3-5-10/h1-8H,9H2,(H2,13,14). The minimum absolute atomic E-state index is 0.569. The molecule has 1 heterocycles. The third-order valence-electron chi connectivity index (χ3n) is 2.01. The highest BCUT2D eigenvalue weighted by atomic mass is 32.2. The molecule has 0 aliphatic carbocycles. The molecule has 0 aliphatic heterocycles. The number of nitrogen functional groups attached to an aromatic ring is 1. The Morgan fingerprint density at radius 3 is 2.53 bits per heavy atom. The highest BCUT2D eigenvalue weighted by Gasteiger charge is 1.95. The molecular weight excluding hydrogens is 204 g/mol. The molecule has 1 aromatic carbocycles. The van der Waals surface area contributed by atoms with Crippen molar-refractivity contribution >= 4 is 17.6 Å². The summed E-state index contributed by atoms with van der Waals surface area (Å²) in [7, 11) is 0. The smallest absolute Gasteiger partial charge is 0.123 e. The van der Waals surface area contributed by atoms with Gasteiger partial charge < -0.3 is 5.73 Å². The zero-order chi connectivity index (χ0) is 10.5. The topological polar surface area (TPSA) is 38.9 Å². The van der Waals surface area contributed by atoms with Gasteiger partial charge in [-0.1, -0.05) is 30.3 Å². The van der Waals surface area contributed by atoms with Gasteiger partial charge in [-0.3, -0.25) is 0 Å². The zero-order valence-corrected chi connectivity index (χ0v) is 9.08. The first kappa shape index (κ1) is 10.1. The molecule has 2 aromatic rings. The fraction of sp³-hybridized carbons (Fsp3) is 0.0833. The summed E-state index contributed by atoms with van der Waals surface area (Å²) in [6.07, 6.45) is 1.81. The number of pyridine rings is 1. The van der Waals surface area contributed by atoms with Gasteiger partial charge in [0.1, 0.15) is 5.82 Å². The number of nitrogens with two attached hydrogens (primary N) is 1. The Labute approximate surface area is 93.5 Å². The van der Waals surface area contributed by atoms with Gasteiger partial charge >= 0.3 is 0 Å². The fourth-order valence-corrected chi connectivity index (χ4v) is 2.04. The van der Waals surface area contributed by atoms with E-state index in [0.29, 0.717) is 5.82 Å². The lowest BCUT2D eigenvalue weighted by Gasteiger charge is -2.01. The van der Waals surface area contributed by atoms with Gasteiger partial charge in [0.05, 0.1) is 0 Å². The maximum atomic E-state index is 5.51. The molecule has 0 saturated heterocycles. The van der Waals surface area contributed by atoms with Crippen molar-refractivity contribution in [2.45, 2.75) is 10.6 Å². The summed E-state index contributed by atoms with van der Waals surface area (Å²) in [4.78, 5) is 5.19. The minimum atomic E-state index is 0.569. The Balaban J connectivity index is 1.96. The molecule has 0 radical (unpaired) electrons. The molecule has 0 atom stereocenters. The van der Waals surface area contributed by atoms with Gasteiger partial charge in [-0.15, -0.1) is 11.8 Å². The number of anilines is 1. The van der Waals surface area contributed by atoms with Crippen LogP contribution in [0.3, 0.4) is 0 Å². The Kier molecular flexibility index (Phi) is 3.25. The van der Waals surface area contributed by atoms with E-state index in [4.69, 9.17) is 5.73 Å². The highest BCUT2D eigenvalue weighted by Crippen LogP contribution is 2.21. The normalized spacial score (nSPS) is 10.1. The number of hydrogen-bond acceptors (Lipinski definition) is 3. The van der Waals surface area contributed by atoms with Crippen LogP contribution >= 0.6 is 11.8 Å². The summed E-state index contributed by atoms with van der Waals surface area (Å²) < 4.78 is 0. The Morgan fingerprint density at radius 2 is 1.87 bits per heavy atom. The second kappa shape index (κ2) is 4.84. The van der Waals surface area contributed by atoms with Crippen molar-refractivity contribution in [1.29, 1.82) is 0 Å². The summed E-state index contributed by atoms with van der Waals surface area (Å²) in [6, 6.07) is 14.2. The van der Waals surface area contributed by atoms with Crippen molar-refractivity contribution in [3.8, 4) is 0 Å². The monoisotopic (exact) mass is 216 g/mol. The minimum Gasteiger partial charge on any atom is -0.384 e. The molecule has 0 spiro atoms. The molecule has 0 bridgehead atoms. The van der Waals surface area contributed by atoms with Crippen molar-refractivity contribution in [2.75, 3.05) is 5.73 Å². The summed E-state index contributed by atoms with van der Waals surface area (Å²) in [6.45, 7) is 0. The summed E-state index contributed by atoms with van der Waals surface area (Å²) in [5, 5.41) is 0. The lowest BCUT2D eigenvalue weighted by molar-refractivity contribution is 1.24. The van der Waals surface area contributed by atoms with Crippen LogP contribution in [0.25, 0.3) is 0 Å². The molecule has 2 rings (SSSR count). The molecule has 1 aromatic heterocycles. The molecule has 0 amide bonds. The van der Waals surface area contributed by atoms with Crippen LogP contribution in [0.15, 0.2) is 53.6 Å². The molecule has 76 valence electrons. The maximum absolute atomic E-state index is 5.51. The predicted octanol–water partition coefficient (Wildman–Crippen LogP) is 2.96. The van der Waals surface area contributed by atoms with Crippen LogP contribution < -0.4 is 5.73 Å². The van der Waals surface area contributed by atoms with E-state index in [9.17, 15) is 0 Å². The number of nitrogens with zero attached hydrogens (tertiary/aromatic N) is 1. The average molecular weight is 216 g/mol. The predicted molar refractivity (Wildman–Crippen MR) is 64.7 cm³/mol. The van der Waals surface area contributed by atoms with E-state index >= 15 is 0 Å².